The second kappa shape index (κ2) is 6.45. The molecule has 3 aromatic rings. The Balaban J connectivity index is 1.75. The van der Waals surface area contributed by atoms with Gasteiger partial charge in [-0.2, -0.15) is 5.10 Å². The normalized spacial score (nSPS) is 11.1. The fourth-order valence-electron chi connectivity index (χ4n) is 2.13. The van der Waals surface area contributed by atoms with Gasteiger partial charge in [0.05, 0.1) is 23.8 Å². The van der Waals surface area contributed by atoms with E-state index in [4.69, 9.17) is 11.6 Å². The van der Waals surface area contributed by atoms with Crippen LogP contribution in [-0.4, -0.2) is 16.3 Å². The fraction of sp³-hybridized carbons (Fsp3) is 0.0588. The summed E-state index contributed by atoms with van der Waals surface area (Å²) in [6.45, 7) is 0.576. The number of benzene rings is 2. The highest BCUT2D eigenvalue weighted by molar-refractivity contribution is 6.30. The molecular formula is C17H14ClN3O. The molecule has 1 heterocycles. The lowest BCUT2D eigenvalue weighted by atomic mass is 10.1. The van der Waals surface area contributed by atoms with E-state index in [1.807, 2.05) is 42.5 Å². The number of pyridine rings is 1. The quantitative estimate of drug-likeness (QED) is 0.570. The summed E-state index contributed by atoms with van der Waals surface area (Å²) >= 11 is 5.84. The maximum absolute atomic E-state index is 9.98. The van der Waals surface area contributed by atoms with Crippen LogP contribution in [0.1, 0.15) is 11.1 Å². The monoisotopic (exact) mass is 311 g/mol. The number of aromatic nitrogens is 1. The number of phenols is 1. The Morgan fingerprint density at radius 2 is 1.95 bits per heavy atom. The van der Waals surface area contributed by atoms with Crippen molar-refractivity contribution in [3.8, 4) is 5.75 Å². The number of nitrogens with one attached hydrogen (secondary N) is 1. The van der Waals surface area contributed by atoms with Crippen molar-refractivity contribution in [3.63, 3.8) is 0 Å². The van der Waals surface area contributed by atoms with E-state index >= 15 is 0 Å². The Morgan fingerprint density at radius 3 is 2.77 bits per heavy atom. The van der Waals surface area contributed by atoms with Gasteiger partial charge < -0.3 is 10.5 Å². The van der Waals surface area contributed by atoms with Crippen LogP contribution in [0.5, 0.6) is 5.75 Å². The first kappa shape index (κ1) is 14.4. The van der Waals surface area contributed by atoms with Crippen LogP contribution in [0.4, 0.5) is 0 Å². The molecule has 0 bridgehead atoms. The number of nitrogens with zero attached hydrogens (tertiary/aromatic N) is 2. The lowest BCUT2D eigenvalue weighted by Gasteiger charge is -2.04. The van der Waals surface area contributed by atoms with E-state index in [0.29, 0.717) is 17.1 Å². The van der Waals surface area contributed by atoms with Crippen molar-refractivity contribution in [1.82, 2.24) is 10.4 Å². The van der Waals surface area contributed by atoms with Gasteiger partial charge in [0.2, 0.25) is 0 Å². The van der Waals surface area contributed by atoms with E-state index in [-0.39, 0.29) is 5.75 Å². The molecule has 2 aromatic carbocycles. The zero-order valence-corrected chi connectivity index (χ0v) is 12.5. The average Bonchev–Trinajstić information content (AvgIpc) is 2.55. The maximum atomic E-state index is 9.98. The van der Waals surface area contributed by atoms with Gasteiger partial charge in [-0.15, -0.1) is 0 Å². The smallest absolute Gasteiger partial charge is 0.126 e. The highest BCUT2D eigenvalue weighted by atomic mass is 35.5. The lowest BCUT2D eigenvalue weighted by Crippen LogP contribution is -2.05. The summed E-state index contributed by atoms with van der Waals surface area (Å²) in [5.74, 6) is 0.156. The van der Waals surface area contributed by atoms with Gasteiger partial charge in [-0.3, -0.25) is 4.98 Å². The van der Waals surface area contributed by atoms with Gasteiger partial charge >= 0.3 is 0 Å². The molecule has 0 atom stereocenters. The zero-order valence-electron chi connectivity index (χ0n) is 11.7. The zero-order chi connectivity index (χ0) is 15.4. The van der Waals surface area contributed by atoms with Crippen LogP contribution in [0.2, 0.25) is 5.02 Å². The Kier molecular flexibility index (Phi) is 4.21. The Bertz CT molecular complexity index is 816. The predicted octanol–water partition coefficient (Wildman–Crippen LogP) is 3.72. The minimum Gasteiger partial charge on any atom is -0.507 e. The van der Waals surface area contributed by atoms with Crippen LogP contribution in [-0.2, 0) is 6.54 Å². The molecule has 0 amide bonds. The maximum Gasteiger partial charge on any atom is 0.126 e. The van der Waals surface area contributed by atoms with Crippen LogP contribution >= 0.6 is 11.6 Å². The molecule has 0 radical (unpaired) electrons. The first-order chi connectivity index (χ1) is 10.7. The summed E-state index contributed by atoms with van der Waals surface area (Å²) in [7, 11) is 0. The van der Waals surface area contributed by atoms with Crippen LogP contribution in [0, 0.1) is 0 Å². The van der Waals surface area contributed by atoms with Crippen LogP contribution < -0.4 is 5.43 Å². The van der Waals surface area contributed by atoms with E-state index < -0.39 is 0 Å². The molecule has 3 rings (SSSR count). The number of hydrogen-bond donors (Lipinski definition) is 2. The number of halogens is 1. The third kappa shape index (κ3) is 3.18. The summed E-state index contributed by atoms with van der Waals surface area (Å²) in [6, 6.07) is 14.8. The van der Waals surface area contributed by atoms with E-state index in [1.54, 1.807) is 18.5 Å². The van der Waals surface area contributed by atoms with Crippen LogP contribution in [0.3, 0.4) is 0 Å². The van der Waals surface area contributed by atoms with Gasteiger partial charge in [-0.1, -0.05) is 29.8 Å². The molecule has 110 valence electrons. The standard InChI is InChI=1S/C17H14ClN3O/c18-14-6-3-12(4-7-14)10-20-21-11-15-16(22)8-5-13-2-1-9-19-17(13)15/h1-9,11,20,22H,10H2/b21-11+. The highest BCUT2D eigenvalue weighted by Crippen LogP contribution is 2.23. The van der Waals surface area contributed by atoms with Gasteiger partial charge in [-0.25, -0.2) is 0 Å². The second-order valence-electron chi connectivity index (χ2n) is 4.79. The number of hydrazone groups is 1. The number of hydrogen-bond acceptors (Lipinski definition) is 4. The van der Waals surface area contributed by atoms with E-state index in [1.165, 1.54) is 0 Å². The molecule has 1 aromatic heterocycles. The molecule has 22 heavy (non-hydrogen) atoms. The van der Waals surface area contributed by atoms with Crippen molar-refractivity contribution >= 4 is 28.7 Å². The number of rotatable bonds is 4. The Morgan fingerprint density at radius 1 is 1.14 bits per heavy atom. The first-order valence-corrected chi connectivity index (χ1v) is 7.19. The van der Waals surface area contributed by atoms with Crippen molar-refractivity contribution < 1.29 is 5.11 Å². The van der Waals surface area contributed by atoms with Gasteiger partial charge in [0, 0.05) is 16.6 Å². The van der Waals surface area contributed by atoms with Gasteiger partial charge in [0.1, 0.15) is 5.75 Å². The molecule has 0 aliphatic carbocycles. The summed E-state index contributed by atoms with van der Waals surface area (Å²) < 4.78 is 0. The fourth-order valence-corrected chi connectivity index (χ4v) is 2.26. The van der Waals surface area contributed by atoms with Crippen molar-refractivity contribution in [2.75, 3.05) is 0 Å². The van der Waals surface area contributed by atoms with Crippen molar-refractivity contribution in [2.24, 2.45) is 5.10 Å². The molecule has 5 heteroatoms. The molecule has 2 N–H and O–H groups in total. The molecule has 0 unspecified atom stereocenters. The minimum absolute atomic E-state index is 0.156. The summed E-state index contributed by atoms with van der Waals surface area (Å²) in [4.78, 5) is 4.29. The predicted molar refractivity (Wildman–Crippen MR) is 89.3 cm³/mol. The Labute approximate surface area is 133 Å². The van der Waals surface area contributed by atoms with Gasteiger partial charge in [0.15, 0.2) is 0 Å². The number of phenolic OH excluding ortho intramolecular Hbond substituents is 1. The van der Waals surface area contributed by atoms with Gasteiger partial charge in [0.25, 0.3) is 0 Å². The highest BCUT2D eigenvalue weighted by Gasteiger charge is 2.05. The number of fused-ring (bicyclic) bond motifs is 1. The Hall–Kier alpha value is -2.59. The number of aromatic hydroxyl groups is 1. The lowest BCUT2D eigenvalue weighted by molar-refractivity contribution is 0.475. The van der Waals surface area contributed by atoms with E-state index in [9.17, 15) is 5.11 Å². The summed E-state index contributed by atoms with van der Waals surface area (Å²) in [5, 5.41) is 15.8. The SMILES string of the molecule is Oc1ccc2cccnc2c1/C=N/NCc1ccc(Cl)cc1. The topological polar surface area (TPSA) is 57.5 Å². The van der Waals surface area contributed by atoms with Crippen molar-refractivity contribution in [3.05, 3.63) is 70.9 Å². The summed E-state index contributed by atoms with van der Waals surface area (Å²) in [6.07, 6.45) is 3.28. The van der Waals surface area contributed by atoms with E-state index in [0.717, 1.165) is 16.5 Å². The van der Waals surface area contributed by atoms with Crippen LogP contribution in [0.15, 0.2) is 59.8 Å². The molecule has 0 spiro atoms. The van der Waals surface area contributed by atoms with Gasteiger partial charge in [-0.05, 0) is 35.9 Å². The molecular weight excluding hydrogens is 298 g/mol. The van der Waals surface area contributed by atoms with Crippen molar-refractivity contribution in [1.29, 1.82) is 0 Å². The largest absolute Gasteiger partial charge is 0.507 e. The third-order valence-corrected chi connectivity index (χ3v) is 3.52. The van der Waals surface area contributed by atoms with Crippen molar-refractivity contribution in [2.45, 2.75) is 6.54 Å². The minimum atomic E-state index is 0.156. The van der Waals surface area contributed by atoms with Crippen LogP contribution in [0.25, 0.3) is 10.9 Å². The summed E-state index contributed by atoms with van der Waals surface area (Å²) in [5.41, 5.74) is 5.34. The average molecular weight is 312 g/mol. The van der Waals surface area contributed by atoms with E-state index in [2.05, 4.69) is 15.5 Å². The molecule has 0 aliphatic rings. The third-order valence-electron chi connectivity index (χ3n) is 3.27. The first-order valence-electron chi connectivity index (χ1n) is 6.81. The molecule has 0 aliphatic heterocycles. The molecule has 0 saturated heterocycles. The molecule has 0 fully saturated rings. The second-order valence-corrected chi connectivity index (χ2v) is 5.23. The molecule has 0 saturated carbocycles. The molecule has 4 nitrogen and oxygen atoms in total.